The van der Waals surface area contributed by atoms with Gasteiger partial charge in [0.15, 0.2) is 0 Å². The molecule has 2 N–H and O–H groups in total. The second-order valence-corrected chi connectivity index (χ2v) is 11.3. The number of pyridine rings is 2. The number of aliphatic carboxylic acids is 1. The Morgan fingerprint density at radius 1 is 1.05 bits per heavy atom. The largest absolute Gasteiger partial charge is 0.508 e. The molecule has 3 heterocycles. The molecule has 3 unspecified atom stereocenters. The van der Waals surface area contributed by atoms with Crippen molar-refractivity contribution in [2.24, 2.45) is 11.8 Å². The first-order chi connectivity index (χ1) is 19.5. The quantitative estimate of drug-likeness (QED) is 0.194. The summed E-state index contributed by atoms with van der Waals surface area (Å²) in [6.45, 7) is 2.22. The molecule has 1 fully saturated rings. The van der Waals surface area contributed by atoms with Crippen molar-refractivity contribution in [1.82, 2.24) is 19.5 Å². The van der Waals surface area contributed by atoms with Crippen molar-refractivity contribution in [3.8, 4) is 11.4 Å². The number of carbonyl (C=O) groups is 1. The van der Waals surface area contributed by atoms with Crippen LogP contribution in [-0.4, -0.2) is 35.7 Å². The summed E-state index contributed by atoms with van der Waals surface area (Å²) in [6.07, 6.45) is 15.9. The maximum absolute atomic E-state index is 11.6. The molecule has 5 rings (SSSR count). The number of aryl methyl sites for hydroxylation is 1. The maximum Gasteiger partial charge on any atom is 0.306 e. The Morgan fingerprint density at radius 2 is 1.85 bits per heavy atom. The molecular formula is C33H40N4O3. The second-order valence-electron chi connectivity index (χ2n) is 11.3. The Morgan fingerprint density at radius 3 is 2.60 bits per heavy atom. The van der Waals surface area contributed by atoms with Crippen LogP contribution in [0.4, 0.5) is 0 Å². The number of aromatic nitrogens is 4. The molecule has 3 atom stereocenters. The molecule has 0 bridgehead atoms. The summed E-state index contributed by atoms with van der Waals surface area (Å²) >= 11 is 0. The Hall–Kier alpha value is -3.74. The molecule has 4 aromatic rings. The molecular weight excluding hydrogens is 500 g/mol. The van der Waals surface area contributed by atoms with E-state index in [2.05, 4.69) is 22.5 Å². The van der Waals surface area contributed by atoms with Crippen LogP contribution in [0.2, 0.25) is 0 Å². The number of nitrogens with zero attached hydrogens (tertiary/aromatic N) is 4. The zero-order valence-electron chi connectivity index (χ0n) is 23.4. The van der Waals surface area contributed by atoms with Gasteiger partial charge in [-0.1, -0.05) is 38.3 Å². The lowest BCUT2D eigenvalue weighted by Gasteiger charge is -2.17. The summed E-state index contributed by atoms with van der Waals surface area (Å²) in [6, 6.07) is 13.8. The molecule has 7 nitrogen and oxygen atoms in total. The summed E-state index contributed by atoms with van der Waals surface area (Å²) in [7, 11) is 0. The third-order valence-corrected chi connectivity index (χ3v) is 8.51. The number of hydrogen-bond acceptors (Lipinski definition) is 5. The predicted octanol–water partition coefficient (Wildman–Crippen LogP) is 7.25. The van der Waals surface area contributed by atoms with E-state index in [0.717, 1.165) is 98.7 Å². The van der Waals surface area contributed by atoms with Crippen LogP contribution in [0.25, 0.3) is 16.7 Å². The zero-order chi connectivity index (χ0) is 27.9. The third-order valence-electron chi connectivity index (χ3n) is 8.51. The molecule has 0 radical (unpaired) electrons. The first-order valence-corrected chi connectivity index (χ1v) is 14.8. The molecule has 0 amide bonds. The lowest BCUT2D eigenvalue weighted by molar-refractivity contribution is -0.142. The van der Waals surface area contributed by atoms with E-state index in [9.17, 15) is 15.0 Å². The number of benzene rings is 1. The highest BCUT2D eigenvalue weighted by Crippen LogP contribution is 2.32. The van der Waals surface area contributed by atoms with Crippen LogP contribution >= 0.6 is 0 Å². The van der Waals surface area contributed by atoms with Gasteiger partial charge in [0.25, 0.3) is 0 Å². The van der Waals surface area contributed by atoms with Crippen molar-refractivity contribution in [2.45, 2.75) is 83.5 Å². The van der Waals surface area contributed by atoms with Crippen LogP contribution in [-0.2, 0) is 17.6 Å². The highest BCUT2D eigenvalue weighted by molar-refractivity contribution is 5.80. The smallest absolute Gasteiger partial charge is 0.306 e. The minimum absolute atomic E-state index is 0.222. The molecule has 7 heteroatoms. The van der Waals surface area contributed by atoms with E-state index in [-0.39, 0.29) is 5.92 Å². The van der Waals surface area contributed by atoms with Gasteiger partial charge in [-0.2, -0.15) is 0 Å². The highest BCUT2D eigenvalue weighted by Gasteiger charge is 2.25. The van der Waals surface area contributed by atoms with Crippen LogP contribution < -0.4 is 0 Å². The minimum Gasteiger partial charge on any atom is -0.508 e. The average molecular weight is 541 g/mol. The van der Waals surface area contributed by atoms with Crippen LogP contribution in [0.3, 0.4) is 0 Å². The first kappa shape index (κ1) is 27.8. The van der Waals surface area contributed by atoms with Gasteiger partial charge in [-0.15, -0.1) is 0 Å². The number of phenolic OH excluding ortho intramolecular Hbond substituents is 1. The zero-order valence-corrected chi connectivity index (χ0v) is 23.4. The summed E-state index contributed by atoms with van der Waals surface area (Å²) in [5, 5.41) is 19.2. The number of phenols is 1. The van der Waals surface area contributed by atoms with Gasteiger partial charge in [0.05, 0.1) is 22.8 Å². The van der Waals surface area contributed by atoms with Crippen molar-refractivity contribution >= 4 is 17.0 Å². The SMILES string of the molecule is CCCC(CCCc1cc2c(ncn2-c2ccncc2)c(CC2CCCC(C(=O)O)CC2)n1)c1ccc(O)cc1. The van der Waals surface area contributed by atoms with E-state index in [1.807, 2.05) is 30.6 Å². The Balaban J connectivity index is 1.39. The van der Waals surface area contributed by atoms with Crippen molar-refractivity contribution in [3.63, 3.8) is 0 Å². The number of fused-ring (bicyclic) bond motifs is 1. The van der Waals surface area contributed by atoms with Gasteiger partial charge < -0.3 is 10.2 Å². The van der Waals surface area contributed by atoms with E-state index in [4.69, 9.17) is 9.97 Å². The number of rotatable bonds is 11. The molecule has 1 aliphatic rings. The monoisotopic (exact) mass is 540 g/mol. The molecule has 0 aliphatic heterocycles. The van der Waals surface area contributed by atoms with E-state index in [0.29, 0.717) is 17.6 Å². The second kappa shape index (κ2) is 13.1. The molecule has 0 saturated heterocycles. The predicted molar refractivity (Wildman–Crippen MR) is 157 cm³/mol. The fraction of sp³-hybridized carbons (Fsp3) is 0.455. The molecule has 40 heavy (non-hydrogen) atoms. The first-order valence-electron chi connectivity index (χ1n) is 14.8. The van der Waals surface area contributed by atoms with E-state index >= 15 is 0 Å². The molecule has 1 aromatic carbocycles. The number of carboxylic acid groups (broad SMARTS) is 1. The van der Waals surface area contributed by atoms with Crippen LogP contribution in [0, 0.1) is 11.8 Å². The van der Waals surface area contributed by atoms with Gasteiger partial charge in [-0.25, -0.2) is 4.98 Å². The van der Waals surface area contributed by atoms with Crippen LogP contribution in [0.15, 0.2) is 61.2 Å². The van der Waals surface area contributed by atoms with Crippen molar-refractivity contribution in [2.75, 3.05) is 0 Å². The normalized spacial score (nSPS) is 18.4. The van der Waals surface area contributed by atoms with Crippen LogP contribution in [0.5, 0.6) is 5.75 Å². The summed E-state index contributed by atoms with van der Waals surface area (Å²) in [5.41, 5.74) is 6.42. The number of hydrogen-bond donors (Lipinski definition) is 2. The maximum atomic E-state index is 11.6. The Kier molecular flexibility index (Phi) is 9.09. The molecule has 210 valence electrons. The average Bonchev–Trinajstić information content (AvgIpc) is 3.25. The standard InChI is InChI=1S/C33H40N4O3/c1-2-5-24(25-12-14-29(38)15-13-25)7-4-9-27-21-31-32(35-22-37(31)28-16-18-34-19-17-28)30(36-27)20-23-6-3-8-26(11-10-23)33(39)40/h12-19,21-24,26,38H,2-11,20H2,1H3,(H,39,40). The minimum atomic E-state index is -0.659. The fourth-order valence-corrected chi connectivity index (χ4v) is 6.32. The molecule has 1 saturated carbocycles. The van der Waals surface area contributed by atoms with Gasteiger partial charge in [0.2, 0.25) is 0 Å². The number of carboxylic acids is 1. The highest BCUT2D eigenvalue weighted by atomic mass is 16.4. The number of aromatic hydroxyl groups is 1. The molecule has 1 aliphatic carbocycles. The Bertz CT molecular complexity index is 1400. The number of imidazole rings is 1. The van der Waals surface area contributed by atoms with Gasteiger partial charge in [-0.3, -0.25) is 19.3 Å². The van der Waals surface area contributed by atoms with E-state index < -0.39 is 5.97 Å². The van der Waals surface area contributed by atoms with Crippen molar-refractivity contribution in [1.29, 1.82) is 0 Å². The fourth-order valence-electron chi connectivity index (χ4n) is 6.32. The van der Waals surface area contributed by atoms with E-state index in [1.54, 1.807) is 24.5 Å². The van der Waals surface area contributed by atoms with Gasteiger partial charge in [0.1, 0.15) is 17.6 Å². The Labute approximate surface area is 236 Å². The molecule has 3 aromatic heterocycles. The van der Waals surface area contributed by atoms with Gasteiger partial charge in [-0.05, 0) is 99.1 Å². The van der Waals surface area contributed by atoms with E-state index in [1.165, 1.54) is 5.56 Å². The van der Waals surface area contributed by atoms with Gasteiger partial charge in [0, 0.05) is 18.1 Å². The summed E-state index contributed by atoms with van der Waals surface area (Å²) in [4.78, 5) is 25.7. The topological polar surface area (TPSA) is 101 Å². The summed E-state index contributed by atoms with van der Waals surface area (Å²) < 4.78 is 2.12. The lowest BCUT2D eigenvalue weighted by Crippen LogP contribution is -2.13. The van der Waals surface area contributed by atoms with Crippen molar-refractivity contribution < 1.29 is 15.0 Å². The van der Waals surface area contributed by atoms with Crippen molar-refractivity contribution in [3.05, 3.63) is 78.1 Å². The molecule has 0 spiro atoms. The lowest BCUT2D eigenvalue weighted by atomic mass is 9.89. The third kappa shape index (κ3) is 6.69. The summed E-state index contributed by atoms with van der Waals surface area (Å²) in [5.74, 6) is 0.309. The van der Waals surface area contributed by atoms with Crippen LogP contribution in [0.1, 0.15) is 87.6 Å². The van der Waals surface area contributed by atoms with Gasteiger partial charge >= 0.3 is 5.97 Å².